The summed E-state index contributed by atoms with van der Waals surface area (Å²) in [6.45, 7) is 3.99. The van der Waals surface area contributed by atoms with E-state index in [9.17, 15) is 4.79 Å². The van der Waals surface area contributed by atoms with Gasteiger partial charge in [-0.1, -0.05) is 17.7 Å². The molecule has 0 saturated carbocycles. The van der Waals surface area contributed by atoms with Gasteiger partial charge < -0.3 is 16.0 Å². The number of carbonyl (C=O) groups excluding carboxylic acids is 1. The van der Waals surface area contributed by atoms with E-state index in [0.29, 0.717) is 6.04 Å². The van der Waals surface area contributed by atoms with Crippen molar-refractivity contribution in [1.82, 2.24) is 10.6 Å². The molecule has 0 bridgehead atoms. The molecule has 1 aromatic carbocycles. The molecule has 0 aliphatic carbocycles. The topological polar surface area (TPSA) is 53.2 Å². The SMILES string of the molecule is Cc1ccc(NC(=O)NC2CCNCC2)cc1. The standard InChI is InChI=1S/C13H19N3O/c1-10-2-4-11(5-3-10)15-13(17)16-12-6-8-14-9-7-12/h2-5,12,14H,6-9H2,1H3,(H2,15,16,17). The molecule has 1 aromatic rings. The Morgan fingerprint density at radius 3 is 2.53 bits per heavy atom. The number of amides is 2. The molecule has 1 saturated heterocycles. The molecule has 0 unspecified atom stereocenters. The van der Waals surface area contributed by atoms with Gasteiger partial charge in [0, 0.05) is 11.7 Å². The van der Waals surface area contributed by atoms with Gasteiger partial charge in [-0.3, -0.25) is 0 Å². The summed E-state index contributed by atoms with van der Waals surface area (Å²) in [6.07, 6.45) is 2.00. The van der Waals surface area contributed by atoms with E-state index in [1.54, 1.807) is 0 Å². The molecule has 2 rings (SSSR count). The maximum atomic E-state index is 11.7. The molecule has 0 aromatic heterocycles. The summed E-state index contributed by atoms with van der Waals surface area (Å²) in [5.74, 6) is 0. The third-order valence-corrected chi connectivity index (χ3v) is 2.98. The molecule has 2 amide bonds. The number of hydrogen-bond acceptors (Lipinski definition) is 2. The van der Waals surface area contributed by atoms with Crippen molar-refractivity contribution >= 4 is 11.7 Å². The lowest BCUT2D eigenvalue weighted by Crippen LogP contribution is -2.44. The van der Waals surface area contributed by atoms with Crippen molar-refractivity contribution in [2.24, 2.45) is 0 Å². The zero-order valence-electron chi connectivity index (χ0n) is 10.1. The molecule has 0 spiro atoms. The monoisotopic (exact) mass is 233 g/mol. The van der Waals surface area contributed by atoms with Crippen LogP contribution >= 0.6 is 0 Å². The number of urea groups is 1. The first kappa shape index (κ1) is 11.9. The lowest BCUT2D eigenvalue weighted by Gasteiger charge is -2.23. The number of anilines is 1. The summed E-state index contributed by atoms with van der Waals surface area (Å²) in [4.78, 5) is 11.7. The Kier molecular flexibility index (Phi) is 3.98. The maximum Gasteiger partial charge on any atom is 0.319 e. The van der Waals surface area contributed by atoms with Crippen LogP contribution in [0.5, 0.6) is 0 Å². The van der Waals surface area contributed by atoms with Gasteiger partial charge in [0.2, 0.25) is 0 Å². The van der Waals surface area contributed by atoms with Crippen molar-refractivity contribution in [3.05, 3.63) is 29.8 Å². The first-order chi connectivity index (χ1) is 8.24. The second-order valence-corrected chi connectivity index (χ2v) is 4.49. The summed E-state index contributed by atoms with van der Waals surface area (Å²) >= 11 is 0. The normalized spacial score (nSPS) is 16.5. The largest absolute Gasteiger partial charge is 0.335 e. The summed E-state index contributed by atoms with van der Waals surface area (Å²) in [7, 11) is 0. The van der Waals surface area contributed by atoms with Crippen LogP contribution < -0.4 is 16.0 Å². The average Bonchev–Trinajstić information content (AvgIpc) is 2.33. The number of hydrogen-bond donors (Lipinski definition) is 3. The Hall–Kier alpha value is -1.55. The van der Waals surface area contributed by atoms with E-state index in [4.69, 9.17) is 0 Å². The Morgan fingerprint density at radius 1 is 1.24 bits per heavy atom. The molecular weight excluding hydrogens is 214 g/mol. The van der Waals surface area contributed by atoms with Crippen LogP contribution in [0.4, 0.5) is 10.5 Å². The first-order valence-corrected chi connectivity index (χ1v) is 6.09. The van der Waals surface area contributed by atoms with Crippen LogP contribution in [0.15, 0.2) is 24.3 Å². The Morgan fingerprint density at radius 2 is 1.88 bits per heavy atom. The zero-order chi connectivity index (χ0) is 12.1. The lowest BCUT2D eigenvalue weighted by molar-refractivity contribution is 0.245. The van der Waals surface area contributed by atoms with E-state index in [2.05, 4.69) is 16.0 Å². The van der Waals surface area contributed by atoms with E-state index >= 15 is 0 Å². The number of piperidine rings is 1. The molecule has 1 aliphatic heterocycles. The van der Waals surface area contributed by atoms with E-state index in [-0.39, 0.29) is 6.03 Å². The van der Waals surface area contributed by atoms with Crippen LogP contribution in [0.2, 0.25) is 0 Å². The molecule has 17 heavy (non-hydrogen) atoms. The lowest BCUT2D eigenvalue weighted by atomic mass is 10.1. The second-order valence-electron chi connectivity index (χ2n) is 4.49. The highest BCUT2D eigenvalue weighted by Gasteiger charge is 2.14. The van der Waals surface area contributed by atoms with Gasteiger partial charge in [-0.15, -0.1) is 0 Å². The minimum atomic E-state index is -0.110. The molecule has 0 atom stereocenters. The minimum absolute atomic E-state index is 0.110. The fraction of sp³-hybridized carbons (Fsp3) is 0.462. The summed E-state index contributed by atoms with van der Waals surface area (Å²) in [5.41, 5.74) is 2.02. The highest BCUT2D eigenvalue weighted by atomic mass is 16.2. The predicted molar refractivity (Wildman–Crippen MR) is 69.2 cm³/mol. The van der Waals surface area contributed by atoms with Gasteiger partial charge in [0.1, 0.15) is 0 Å². The van der Waals surface area contributed by atoms with E-state index in [1.807, 2.05) is 31.2 Å². The van der Waals surface area contributed by atoms with Crippen molar-refractivity contribution in [3.8, 4) is 0 Å². The Labute approximate surface area is 102 Å². The number of nitrogens with one attached hydrogen (secondary N) is 3. The van der Waals surface area contributed by atoms with E-state index in [0.717, 1.165) is 31.6 Å². The first-order valence-electron chi connectivity index (χ1n) is 6.09. The molecule has 3 N–H and O–H groups in total. The van der Waals surface area contributed by atoms with Crippen molar-refractivity contribution < 1.29 is 4.79 Å². The fourth-order valence-corrected chi connectivity index (χ4v) is 1.96. The average molecular weight is 233 g/mol. The van der Waals surface area contributed by atoms with Gasteiger partial charge in [-0.05, 0) is 45.0 Å². The Balaban J connectivity index is 1.82. The number of benzene rings is 1. The number of aryl methyl sites for hydroxylation is 1. The van der Waals surface area contributed by atoms with Gasteiger partial charge in [0.15, 0.2) is 0 Å². The van der Waals surface area contributed by atoms with Crippen LogP contribution in [-0.4, -0.2) is 25.2 Å². The van der Waals surface area contributed by atoms with Gasteiger partial charge in [-0.2, -0.15) is 0 Å². The smallest absolute Gasteiger partial charge is 0.319 e. The van der Waals surface area contributed by atoms with Gasteiger partial charge in [0.25, 0.3) is 0 Å². The fourth-order valence-electron chi connectivity index (χ4n) is 1.96. The molecule has 1 aliphatic rings. The number of rotatable bonds is 2. The van der Waals surface area contributed by atoms with Crippen molar-refractivity contribution in [3.63, 3.8) is 0 Å². The van der Waals surface area contributed by atoms with E-state index < -0.39 is 0 Å². The molecule has 1 fully saturated rings. The van der Waals surface area contributed by atoms with Crippen molar-refractivity contribution in [1.29, 1.82) is 0 Å². The van der Waals surface area contributed by atoms with Gasteiger partial charge in [-0.25, -0.2) is 4.79 Å². The third-order valence-electron chi connectivity index (χ3n) is 2.98. The Bertz CT molecular complexity index is 369. The van der Waals surface area contributed by atoms with Crippen LogP contribution in [0.1, 0.15) is 18.4 Å². The second kappa shape index (κ2) is 5.68. The molecule has 92 valence electrons. The molecule has 4 nitrogen and oxygen atoms in total. The van der Waals surface area contributed by atoms with Crippen LogP contribution in [-0.2, 0) is 0 Å². The van der Waals surface area contributed by atoms with Gasteiger partial charge in [0.05, 0.1) is 0 Å². The van der Waals surface area contributed by atoms with Crippen molar-refractivity contribution in [2.75, 3.05) is 18.4 Å². The predicted octanol–water partition coefficient (Wildman–Crippen LogP) is 1.87. The van der Waals surface area contributed by atoms with Crippen molar-refractivity contribution in [2.45, 2.75) is 25.8 Å². The zero-order valence-corrected chi connectivity index (χ0v) is 10.1. The van der Waals surface area contributed by atoms with Crippen LogP contribution in [0.25, 0.3) is 0 Å². The highest BCUT2D eigenvalue weighted by Crippen LogP contribution is 2.09. The third kappa shape index (κ3) is 3.75. The molecular formula is C13H19N3O. The quantitative estimate of drug-likeness (QED) is 0.730. The minimum Gasteiger partial charge on any atom is -0.335 e. The summed E-state index contributed by atoms with van der Waals surface area (Å²) in [5, 5.41) is 9.11. The summed E-state index contributed by atoms with van der Waals surface area (Å²) in [6, 6.07) is 7.98. The highest BCUT2D eigenvalue weighted by molar-refractivity contribution is 5.89. The maximum absolute atomic E-state index is 11.7. The molecule has 0 radical (unpaired) electrons. The number of carbonyl (C=O) groups is 1. The molecule has 4 heteroatoms. The van der Waals surface area contributed by atoms with Crippen LogP contribution in [0, 0.1) is 6.92 Å². The van der Waals surface area contributed by atoms with E-state index in [1.165, 1.54) is 5.56 Å². The van der Waals surface area contributed by atoms with Crippen LogP contribution in [0.3, 0.4) is 0 Å². The van der Waals surface area contributed by atoms with Gasteiger partial charge >= 0.3 is 6.03 Å². The summed E-state index contributed by atoms with van der Waals surface area (Å²) < 4.78 is 0. The molecule has 1 heterocycles.